The predicted octanol–water partition coefficient (Wildman–Crippen LogP) is 3.32. The number of thioether (sulfide) groups is 1. The van der Waals surface area contributed by atoms with Gasteiger partial charge in [0.2, 0.25) is 0 Å². The molecule has 0 aliphatic carbocycles. The van der Waals surface area contributed by atoms with E-state index in [1.165, 1.54) is 0 Å². The van der Waals surface area contributed by atoms with Gasteiger partial charge in [-0.15, -0.1) is 0 Å². The third-order valence-corrected chi connectivity index (χ3v) is 2.71. The van der Waals surface area contributed by atoms with Crippen LogP contribution in [0, 0.1) is 0 Å². The van der Waals surface area contributed by atoms with Crippen LogP contribution in [0.2, 0.25) is 0 Å². The van der Waals surface area contributed by atoms with Crippen molar-refractivity contribution in [2.75, 3.05) is 0 Å². The molecule has 1 unspecified atom stereocenters. The van der Waals surface area contributed by atoms with Crippen molar-refractivity contribution >= 4 is 40.3 Å². The zero-order valence-electron chi connectivity index (χ0n) is 5.81. The van der Waals surface area contributed by atoms with E-state index in [-0.39, 0.29) is 4.90 Å². The number of allylic oxidation sites excluding steroid dienone is 1. The van der Waals surface area contributed by atoms with E-state index >= 15 is 0 Å². The molecule has 74 valence electrons. The molecule has 1 aliphatic rings. The van der Waals surface area contributed by atoms with Gasteiger partial charge in [0.15, 0.2) is 4.83 Å². The van der Waals surface area contributed by atoms with Crippen LogP contribution in [-0.2, 0) is 0 Å². The van der Waals surface area contributed by atoms with Gasteiger partial charge in [-0.3, -0.25) is 9.69 Å². The van der Waals surface area contributed by atoms with Gasteiger partial charge in [0, 0.05) is 5.41 Å². The summed E-state index contributed by atoms with van der Waals surface area (Å²) in [5, 5.41) is -0.480. The van der Waals surface area contributed by atoms with E-state index in [2.05, 4.69) is 0 Å². The smallest absolute Gasteiger partial charge is 0.267 e. The quantitative estimate of drug-likeness (QED) is 0.374. The summed E-state index contributed by atoms with van der Waals surface area (Å²) >= 11 is 11.0. The Labute approximate surface area is 85.7 Å². The molecule has 1 aliphatic heterocycles. The molecule has 0 aromatic carbocycles. The Kier molecular flexibility index (Phi) is 3.04. The van der Waals surface area contributed by atoms with Gasteiger partial charge < -0.3 is 0 Å². The summed E-state index contributed by atoms with van der Waals surface area (Å²) in [5.41, 5.74) is -1.13. The topological polar surface area (TPSA) is 20.3 Å². The zero-order chi connectivity index (χ0) is 10.2. The molecule has 13 heavy (non-hydrogen) atoms. The van der Waals surface area contributed by atoms with Gasteiger partial charge in [-0.1, -0.05) is 23.4 Å². The number of hydrogen-bond donors (Lipinski definition) is 0. The second-order valence-electron chi connectivity index (χ2n) is 2.05. The van der Waals surface area contributed by atoms with Gasteiger partial charge in [-0.2, -0.15) is 13.2 Å². The van der Waals surface area contributed by atoms with E-state index in [0.29, 0.717) is 11.8 Å². The highest BCUT2D eigenvalue weighted by Gasteiger charge is 2.45. The first-order valence-electron chi connectivity index (χ1n) is 2.89. The summed E-state index contributed by atoms with van der Waals surface area (Å²) in [7, 11) is 0. The molecule has 0 N–H and O–H groups in total. The van der Waals surface area contributed by atoms with Gasteiger partial charge >= 0.3 is 11.5 Å². The lowest BCUT2D eigenvalue weighted by Crippen LogP contribution is -2.33. The summed E-state index contributed by atoms with van der Waals surface area (Å²) < 4.78 is 36.5. The van der Waals surface area contributed by atoms with Crippen LogP contribution in [0.4, 0.5) is 18.0 Å². The van der Waals surface area contributed by atoms with E-state index in [9.17, 15) is 18.0 Å². The summed E-state index contributed by atoms with van der Waals surface area (Å²) in [6.07, 6.45) is -4.61. The van der Waals surface area contributed by atoms with Crippen LogP contribution in [0.3, 0.4) is 0 Å². The monoisotopic (exact) mass is 251 g/mol. The minimum Gasteiger partial charge on any atom is -0.267 e. The van der Waals surface area contributed by atoms with E-state index in [1.807, 2.05) is 0 Å². The number of nitrogens with zero attached hydrogens (tertiary/aromatic N) is 1. The molecule has 0 spiro atoms. The van der Waals surface area contributed by atoms with Gasteiger partial charge in [-0.05, 0) is 11.6 Å². The van der Waals surface area contributed by atoms with E-state index in [0.717, 1.165) is 5.41 Å². The molecular weight excluding hydrogens is 250 g/mol. The Morgan fingerprint density at radius 3 is 2.46 bits per heavy atom. The standard InChI is InChI=1S/C5H2Cl2F3NOS/c6-3(12)11-2(5(8,9)10)1-13-4(11)7/h1,4H. The minimum atomic E-state index is -4.61. The van der Waals surface area contributed by atoms with Crippen molar-refractivity contribution in [3.63, 3.8) is 0 Å². The molecule has 1 amide bonds. The van der Waals surface area contributed by atoms with Crippen molar-refractivity contribution < 1.29 is 18.0 Å². The third kappa shape index (κ3) is 2.24. The molecule has 0 saturated heterocycles. The Morgan fingerprint density at radius 2 is 2.15 bits per heavy atom. The van der Waals surface area contributed by atoms with Crippen molar-refractivity contribution in [3.8, 4) is 0 Å². The normalized spacial score (nSPS) is 23.3. The lowest BCUT2D eigenvalue weighted by atomic mass is 10.4. The highest BCUT2D eigenvalue weighted by Crippen LogP contribution is 2.42. The van der Waals surface area contributed by atoms with Crippen molar-refractivity contribution in [3.05, 3.63) is 11.1 Å². The molecule has 0 saturated carbocycles. The Balaban J connectivity index is 2.93. The predicted molar refractivity (Wildman–Crippen MR) is 44.5 cm³/mol. The van der Waals surface area contributed by atoms with E-state index in [1.54, 1.807) is 0 Å². The SMILES string of the molecule is O=C(Cl)N1C(C(F)(F)F)=CSC1Cl. The van der Waals surface area contributed by atoms with Crippen LogP contribution < -0.4 is 0 Å². The summed E-state index contributed by atoms with van der Waals surface area (Å²) in [6.45, 7) is 0. The van der Waals surface area contributed by atoms with Crippen molar-refractivity contribution in [1.29, 1.82) is 0 Å². The van der Waals surface area contributed by atoms with Crippen LogP contribution in [0.5, 0.6) is 0 Å². The van der Waals surface area contributed by atoms with Crippen LogP contribution in [0.1, 0.15) is 0 Å². The Bertz CT molecular complexity index is 267. The van der Waals surface area contributed by atoms with Gasteiger partial charge in [0.1, 0.15) is 5.70 Å². The zero-order valence-corrected chi connectivity index (χ0v) is 8.14. The van der Waals surface area contributed by atoms with Gasteiger partial charge in [-0.25, -0.2) is 0 Å². The first kappa shape index (κ1) is 11.0. The maximum Gasteiger partial charge on any atom is 0.432 e. The minimum absolute atomic E-state index is 0.285. The molecule has 2 nitrogen and oxygen atoms in total. The fourth-order valence-corrected chi connectivity index (χ4v) is 2.19. The summed E-state index contributed by atoms with van der Waals surface area (Å²) in [5.74, 6) is 0. The molecule has 8 heteroatoms. The molecule has 0 aromatic rings. The van der Waals surface area contributed by atoms with Crippen LogP contribution in [0.15, 0.2) is 11.1 Å². The highest BCUT2D eigenvalue weighted by atomic mass is 35.5. The molecule has 0 bridgehead atoms. The second-order valence-corrected chi connectivity index (χ2v) is 4.00. The van der Waals surface area contributed by atoms with Crippen LogP contribution >= 0.6 is 35.0 Å². The molecule has 0 aromatic heterocycles. The van der Waals surface area contributed by atoms with Crippen LogP contribution in [-0.4, -0.2) is 21.3 Å². The Morgan fingerprint density at radius 1 is 1.62 bits per heavy atom. The number of hydrogen-bond acceptors (Lipinski definition) is 2. The lowest BCUT2D eigenvalue weighted by molar-refractivity contribution is -0.105. The molecule has 1 atom stereocenters. The van der Waals surface area contributed by atoms with E-state index < -0.39 is 22.1 Å². The van der Waals surface area contributed by atoms with Crippen molar-refractivity contribution in [1.82, 2.24) is 4.90 Å². The molecule has 1 rings (SSSR count). The van der Waals surface area contributed by atoms with Crippen molar-refractivity contribution in [2.45, 2.75) is 11.0 Å². The molecule has 1 heterocycles. The average Bonchev–Trinajstić information content (AvgIpc) is 2.28. The average molecular weight is 252 g/mol. The highest BCUT2D eigenvalue weighted by molar-refractivity contribution is 8.04. The molecular formula is C5H2Cl2F3NOS. The maximum atomic E-state index is 12.2. The number of halogens is 5. The maximum absolute atomic E-state index is 12.2. The van der Waals surface area contributed by atoms with Crippen LogP contribution in [0.25, 0.3) is 0 Å². The Hall–Kier alpha value is -0.0700. The third-order valence-electron chi connectivity index (χ3n) is 1.23. The largest absolute Gasteiger partial charge is 0.432 e. The number of carbonyl (C=O) groups excluding carboxylic acids is 1. The van der Waals surface area contributed by atoms with Crippen molar-refractivity contribution in [2.24, 2.45) is 0 Å². The second kappa shape index (κ2) is 3.59. The fourth-order valence-electron chi connectivity index (χ4n) is 0.725. The summed E-state index contributed by atoms with van der Waals surface area (Å²) in [4.78, 5) is 9.73. The first-order chi connectivity index (χ1) is 5.84. The first-order valence-corrected chi connectivity index (χ1v) is 4.65. The summed E-state index contributed by atoms with van der Waals surface area (Å²) in [6, 6.07) is 0. The number of rotatable bonds is 0. The molecule has 0 fully saturated rings. The van der Waals surface area contributed by atoms with Gasteiger partial charge in [0.05, 0.1) is 0 Å². The van der Waals surface area contributed by atoms with E-state index in [4.69, 9.17) is 23.2 Å². The number of amides is 1. The van der Waals surface area contributed by atoms with Gasteiger partial charge in [0.25, 0.3) is 0 Å². The lowest BCUT2D eigenvalue weighted by Gasteiger charge is -2.21. The fraction of sp³-hybridized carbons (Fsp3) is 0.400. The number of carbonyl (C=O) groups is 1. The molecule has 0 radical (unpaired) electrons. The number of alkyl halides is 4.